The lowest BCUT2D eigenvalue weighted by atomic mass is 10.1. The van der Waals surface area contributed by atoms with Crippen LogP contribution in [0.3, 0.4) is 0 Å². The lowest BCUT2D eigenvalue weighted by Crippen LogP contribution is -2.44. The Hall–Kier alpha value is -1.13. The van der Waals surface area contributed by atoms with Crippen molar-refractivity contribution < 1.29 is 0 Å². The van der Waals surface area contributed by atoms with E-state index in [2.05, 4.69) is 51.3 Å². The van der Waals surface area contributed by atoms with Crippen molar-refractivity contribution in [2.75, 3.05) is 31.1 Å². The molecule has 1 fully saturated rings. The molecule has 0 atom stereocenters. The second-order valence-electron chi connectivity index (χ2n) is 4.70. The molecule has 0 aliphatic carbocycles. The number of piperazine rings is 1. The van der Waals surface area contributed by atoms with Gasteiger partial charge in [0.05, 0.1) is 5.52 Å². The predicted octanol–water partition coefficient (Wildman–Crippen LogP) is 2.72. The maximum absolute atomic E-state index is 4.82. The number of nitrogens with zero attached hydrogens (tertiary/aromatic N) is 2. The molecule has 0 amide bonds. The van der Waals surface area contributed by atoms with Crippen molar-refractivity contribution in [1.82, 2.24) is 10.3 Å². The van der Waals surface area contributed by atoms with Gasteiger partial charge in [0.2, 0.25) is 0 Å². The molecular weight excluding hydrogens is 290 g/mol. The maximum Gasteiger partial charge on any atom is 0.132 e. The molecule has 1 aliphatic rings. The lowest BCUT2D eigenvalue weighted by molar-refractivity contribution is 0.584. The van der Waals surface area contributed by atoms with Gasteiger partial charge in [-0.25, -0.2) is 4.98 Å². The van der Waals surface area contributed by atoms with Gasteiger partial charge in [0, 0.05) is 36.0 Å². The molecule has 0 unspecified atom stereocenters. The smallest absolute Gasteiger partial charge is 0.132 e. The van der Waals surface area contributed by atoms with Crippen molar-refractivity contribution in [3.05, 3.63) is 34.3 Å². The summed E-state index contributed by atoms with van der Waals surface area (Å²) in [5.74, 6) is 1.13. The van der Waals surface area contributed by atoms with Crippen LogP contribution in [-0.2, 0) is 0 Å². The van der Waals surface area contributed by atoms with Crippen LogP contribution in [0, 0.1) is 6.92 Å². The van der Waals surface area contributed by atoms with Crippen molar-refractivity contribution >= 4 is 32.7 Å². The first-order chi connectivity index (χ1) is 8.74. The Balaban J connectivity index is 2.06. The largest absolute Gasteiger partial charge is 0.354 e. The Morgan fingerprint density at radius 3 is 2.78 bits per heavy atom. The first-order valence-corrected chi connectivity index (χ1v) is 7.06. The minimum absolute atomic E-state index is 1.04. The van der Waals surface area contributed by atoms with E-state index in [4.69, 9.17) is 4.98 Å². The number of rotatable bonds is 1. The highest BCUT2D eigenvalue weighted by atomic mass is 79.9. The molecular formula is C14H16BrN3. The molecule has 1 aromatic heterocycles. The monoisotopic (exact) mass is 305 g/mol. The van der Waals surface area contributed by atoms with Crippen LogP contribution < -0.4 is 10.2 Å². The van der Waals surface area contributed by atoms with E-state index in [0.29, 0.717) is 0 Å². The van der Waals surface area contributed by atoms with E-state index in [0.717, 1.165) is 42.0 Å². The summed E-state index contributed by atoms with van der Waals surface area (Å²) >= 11 is 3.51. The van der Waals surface area contributed by atoms with Crippen LogP contribution in [0.5, 0.6) is 0 Å². The highest BCUT2D eigenvalue weighted by Gasteiger charge is 2.14. The molecule has 1 N–H and O–H groups in total. The molecule has 1 aliphatic heterocycles. The number of aryl methyl sites for hydroxylation is 1. The van der Waals surface area contributed by atoms with E-state index in [9.17, 15) is 0 Å². The highest BCUT2D eigenvalue weighted by molar-refractivity contribution is 9.10. The average Bonchev–Trinajstić information content (AvgIpc) is 2.39. The van der Waals surface area contributed by atoms with Crippen LogP contribution in [0.25, 0.3) is 10.9 Å². The number of halogens is 1. The number of fused-ring (bicyclic) bond motifs is 1. The van der Waals surface area contributed by atoms with E-state index in [1.807, 2.05) is 6.07 Å². The summed E-state index contributed by atoms with van der Waals surface area (Å²) in [7, 11) is 0. The SMILES string of the molecule is Cc1cc2cc(Br)ccc2nc1N1CCNCC1. The number of aromatic nitrogens is 1. The van der Waals surface area contributed by atoms with Gasteiger partial charge < -0.3 is 10.2 Å². The summed E-state index contributed by atoms with van der Waals surface area (Å²) in [5.41, 5.74) is 2.32. The fourth-order valence-corrected chi connectivity index (χ4v) is 2.82. The highest BCUT2D eigenvalue weighted by Crippen LogP contribution is 2.25. The Morgan fingerprint density at radius 2 is 2.00 bits per heavy atom. The molecule has 3 nitrogen and oxygen atoms in total. The van der Waals surface area contributed by atoms with Gasteiger partial charge in [-0.1, -0.05) is 15.9 Å². The normalized spacial score (nSPS) is 16.2. The fourth-order valence-electron chi connectivity index (χ4n) is 2.44. The Labute approximate surface area is 115 Å². The molecule has 1 saturated heterocycles. The Morgan fingerprint density at radius 1 is 1.22 bits per heavy atom. The summed E-state index contributed by atoms with van der Waals surface area (Å²) in [6.07, 6.45) is 0. The molecule has 3 rings (SSSR count). The van der Waals surface area contributed by atoms with E-state index >= 15 is 0 Å². The van der Waals surface area contributed by atoms with Crippen LogP contribution in [0.2, 0.25) is 0 Å². The number of hydrogen-bond donors (Lipinski definition) is 1. The van der Waals surface area contributed by atoms with Gasteiger partial charge in [-0.2, -0.15) is 0 Å². The minimum Gasteiger partial charge on any atom is -0.354 e. The van der Waals surface area contributed by atoms with Crippen LogP contribution in [-0.4, -0.2) is 31.2 Å². The second kappa shape index (κ2) is 4.86. The number of benzene rings is 1. The molecule has 0 spiro atoms. The molecule has 0 radical (unpaired) electrons. The van der Waals surface area contributed by atoms with Gasteiger partial charge in [-0.15, -0.1) is 0 Å². The Bertz CT molecular complexity index is 577. The molecule has 1 aromatic carbocycles. The third-order valence-electron chi connectivity index (χ3n) is 3.36. The van der Waals surface area contributed by atoms with Crippen molar-refractivity contribution in [2.45, 2.75) is 6.92 Å². The number of hydrogen-bond acceptors (Lipinski definition) is 3. The second-order valence-corrected chi connectivity index (χ2v) is 5.62. The zero-order valence-electron chi connectivity index (χ0n) is 10.4. The van der Waals surface area contributed by atoms with Crippen molar-refractivity contribution in [1.29, 1.82) is 0 Å². The van der Waals surface area contributed by atoms with Gasteiger partial charge >= 0.3 is 0 Å². The van der Waals surface area contributed by atoms with E-state index in [1.165, 1.54) is 10.9 Å². The summed E-state index contributed by atoms with van der Waals surface area (Å²) in [4.78, 5) is 7.19. The first kappa shape index (κ1) is 11.9. The summed E-state index contributed by atoms with van der Waals surface area (Å²) in [5, 5.41) is 4.57. The van der Waals surface area contributed by atoms with Crippen molar-refractivity contribution in [3.63, 3.8) is 0 Å². The van der Waals surface area contributed by atoms with E-state index < -0.39 is 0 Å². The first-order valence-electron chi connectivity index (χ1n) is 6.26. The summed E-state index contributed by atoms with van der Waals surface area (Å²) < 4.78 is 1.10. The molecule has 18 heavy (non-hydrogen) atoms. The van der Waals surface area contributed by atoms with Crippen LogP contribution in [0.15, 0.2) is 28.7 Å². The lowest BCUT2D eigenvalue weighted by Gasteiger charge is -2.29. The Kier molecular flexibility index (Phi) is 3.22. The quantitative estimate of drug-likeness (QED) is 0.878. The standard InChI is InChI=1S/C14H16BrN3/c1-10-8-11-9-12(15)2-3-13(11)17-14(10)18-6-4-16-5-7-18/h2-3,8-9,16H,4-7H2,1H3. The van der Waals surface area contributed by atoms with E-state index in [-0.39, 0.29) is 0 Å². The topological polar surface area (TPSA) is 28.2 Å². The molecule has 0 saturated carbocycles. The molecule has 2 aromatic rings. The summed E-state index contributed by atoms with van der Waals surface area (Å²) in [6, 6.07) is 8.47. The number of anilines is 1. The van der Waals surface area contributed by atoms with Gasteiger partial charge in [-0.3, -0.25) is 0 Å². The van der Waals surface area contributed by atoms with Crippen molar-refractivity contribution in [3.8, 4) is 0 Å². The van der Waals surface area contributed by atoms with Crippen LogP contribution in [0.4, 0.5) is 5.82 Å². The number of nitrogens with one attached hydrogen (secondary N) is 1. The minimum atomic E-state index is 1.04. The van der Waals surface area contributed by atoms with Gasteiger partial charge in [0.15, 0.2) is 0 Å². The maximum atomic E-state index is 4.82. The zero-order chi connectivity index (χ0) is 12.5. The molecule has 4 heteroatoms. The zero-order valence-corrected chi connectivity index (χ0v) is 12.0. The molecule has 94 valence electrons. The predicted molar refractivity (Wildman–Crippen MR) is 79.3 cm³/mol. The third-order valence-corrected chi connectivity index (χ3v) is 3.85. The van der Waals surface area contributed by atoms with Crippen LogP contribution in [0.1, 0.15) is 5.56 Å². The van der Waals surface area contributed by atoms with Crippen LogP contribution >= 0.6 is 15.9 Å². The molecule has 0 bridgehead atoms. The van der Waals surface area contributed by atoms with Gasteiger partial charge in [0.1, 0.15) is 5.82 Å². The number of pyridine rings is 1. The fraction of sp³-hybridized carbons (Fsp3) is 0.357. The van der Waals surface area contributed by atoms with Gasteiger partial charge in [0.25, 0.3) is 0 Å². The van der Waals surface area contributed by atoms with Crippen molar-refractivity contribution in [2.24, 2.45) is 0 Å². The third kappa shape index (κ3) is 2.22. The van der Waals surface area contributed by atoms with E-state index in [1.54, 1.807) is 0 Å². The summed E-state index contributed by atoms with van der Waals surface area (Å²) in [6.45, 7) is 6.30. The van der Waals surface area contributed by atoms with Gasteiger partial charge in [-0.05, 0) is 36.8 Å². The average molecular weight is 306 g/mol. The molecule has 2 heterocycles.